The van der Waals surface area contributed by atoms with Crippen molar-refractivity contribution in [3.8, 4) is 6.07 Å². The van der Waals surface area contributed by atoms with Gasteiger partial charge in [-0.15, -0.1) is 0 Å². The highest BCUT2D eigenvalue weighted by Crippen LogP contribution is 2.07. The number of nitrogens with zero attached hydrogens (tertiary/aromatic N) is 1. The minimum absolute atomic E-state index is 0.360. The second kappa shape index (κ2) is 6.11. The molecule has 1 amide bonds. The predicted octanol–water partition coefficient (Wildman–Crippen LogP) is -0.605. The van der Waals surface area contributed by atoms with Gasteiger partial charge in [-0.1, -0.05) is 17.0 Å². The third-order valence-electron chi connectivity index (χ3n) is 1.81. The molecule has 0 aliphatic carbocycles. The van der Waals surface area contributed by atoms with Crippen LogP contribution in [0.15, 0.2) is 24.3 Å². The Kier molecular flexibility index (Phi) is 4.79. The summed E-state index contributed by atoms with van der Waals surface area (Å²) < 4.78 is 23.0. The van der Waals surface area contributed by atoms with Crippen molar-refractivity contribution in [2.24, 2.45) is 5.73 Å². The van der Waals surface area contributed by atoms with E-state index in [0.717, 1.165) is 0 Å². The Labute approximate surface area is 104 Å². The normalized spacial score (nSPS) is 10.8. The summed E-state index contributed by atoms with van der Waals surface area (Å²) in [4.78, 5) is 16.5. The molecule has 0 saturated heterocycles. The first-order chi connectivity index (χ1) is 8.43. The molecule has 0 fully saturated rings. The first-order valence-electron chi connectivity index (χ1n) is 4.81. The van der Waals surface area contributed by atoms with Gasteiger partial charge in [0.2, 0.25) is 15.9 Å². The van der Waals surface area contributed by atoms with E-state index < -0.39 is 22.5 Å². The molecular weight excluding hydrogens is 258 g/mol. The lowest BCUT2D eigenvalue weighted by molar-refractivity contribution is -0.123. The van der Waals surface area contributed by atoms with E-state index >= 15 is 0 Å². The number of carbonyl (C=O) groups is 1. The number of nitriles is 1. The van der Waals surface area contributed by atoms with E-state index in [0.29, 0.717) is 11.1 Å². The SMILES string of the molecule is N#Cc1cccc(CS(=O)(=O)NOCC(N)=O)c1. The van der Waals surface area contributed by atoms with Crippen molar-refractivity contribution >= 4 is 15.9 Å². The largest absolute Gasteiger partial charge is 0.368 e. The van der Waals surface area contributed by atoms with E-state index in [9.17, 15) is 13.2 Å². The minimum Gasteiger partial charge on any atom is -0.368 e. The highest BCUT2D eigenvalue weighted by molar-refractivity contribution is 7.88. The van der Waals surface area contributed by atoms with Crippen molar-refractivity contribution in [1.29, 1.82) is 5.26 Å². The number of carbonyl (C=O) groups excluding carboxylic acids is 1. The van der Waals surface area contributed by atoms with Gasteiger partial charge in [0.15, 0.2) is 0 Å². The van der Waals surface area contributed by atoms with E-state index in [1.54, 1.807) is 23.1 Å². The van der Waals surface area contributed by atoms with Crippen LogP contribution in [-0.4, -0.2) is 20.9 Å². The third-order valence-corrected chi connectivity index (χ3v) is 2.90. The molecule has 0 radical (unpaired) electrons. The van der Waals surface area contributed by atoms with Crippen LogP contribution < -0.4 is 10.6 Å². The molecule has 0 saturated carbocycles. The first-order valence-corrected chi connectivity index (χ1v) is 6.47. The average molecular weight is 269 g/mol. The maximum Gasteiger partial charge on any atom is 0.245 e. The van der Waals surface area contributed by atoms with Crippen LogP contribution in [0.2, 0.25) is 0 Å². The molecule has 0 bridgehead atoms. The zero-order valence-electron chi connectivity index (χ0n) is 9.29. The van der Waals surface area contributed by atoms with Gasteiger partial charge in [0.25, 0.3) is 0 Å². The summed E-state index contributed by atoms with van der Waals surface area (Å²) in [5.74, 6) is -1.15. The quantitative estimate of drug-likeness (QED) is 0.667. The molecule has 0 aromatic heterocycles. The van der Waals surface area contributed by atoms with E-state index in [2.05, 4.69) is 4.84 Å². The van der Waals surface area contributed by atoms with Crippen LogP contribution in [0.3, 0.4) is 0 Å². The number of benzene rings is 1. The Morgan fingerprint density at radius 1 is 1.50 bits per heavy atom. The number of hydrogen-bond donors (Lipinski definition) is 2. The van der Waals surface area contributed by atoms with E-state index in [4.69, 9.17) is 11.0 Å². The van der Waals surface area contributed by atoms with Crippen molar-refractivity contribution in [3.05, 3.63) is 35.4 Å². The average Bonchev–Trinajstić information content (AvgIpc) is 2.27. The molecule has 18 heavy (non-hydrogen) atoms. The van der Waals surface area contributed by atoms with Gasteiger partial charge in [0, 0.05) is 0 Å². The molecule has 8 heteroatoms. The Bertz CT molecular complexity index is 577. The van der Waals surface area contributed by atoms with Gasteiger partial charge in [-0.05, 0) is 17.7 Å². The molecule has 0 heterocycles. The number of amides is 1. The summed E-state index contributed by atoms with van der Waals surface area (Å²) >= 11 is 0. The molecule has 0 atom stereocenters. The number of rotatable bonds is 6. The Morgan fingerprint density at radius 3 is 2.83 bits per heavy atom. The molecular formula is C10H11N3O4S. The maximum absolute atomic E-state index is 11.5. The van der Waals surface area contributed by atoms with Gasteiger partial charge in [-0.25, -0.2) is 8.42 Å². The van der Waals surface area contributed by atoms with Crippen LogP contribution in [0, 0.1) is 11.3 Å². The van der Waals surface area contributed by atoms with Crippen LogP contribution in [0.1, 0.15) is 11.1 Å². The number of hydrogen-bond acceptors (Lipinski definition) is 5. The molecule has 3 N–H and O–H groups in total. The third kappa shape index (κ3) is 4.92. The summed E-state index contributed by atoms with van der Waals surface area (Å²) in [5, 5.41) is 8.67. The molecule has 0 aliphatic rings. The van der Waals surface area contributed by atoms with Gasteiger partial charge in [0.1, 0.15) is 6.61 Å². The van der Waals surface area contributed by atoms with Gasteiger partial charge >= 0.3 is 0 Å². The molecule has 7 nitrogen and oxygen atoms in total. The standard InChI is InChI=1S/C10H11N3O4S/c11-5-8-2-1-3-9(4-8)7-18(15,16)13-17-6-10(12)14/h1-4,13H,6-7H2,(H2,12,14). The Hall–Kier alpha value is -1.95. The van der Waals surface area contributed by atoms with Gasteiger partial charge in [0.05, 0.1) is 17.4 Å². The lowest BCUT2D eigenvalue weighted by atomic mass is 10.2. The lowest BCUT2D eigenvalue weighted by Crippen LogP contribution is -2.30. The molecule has 1 rings (SSSR count). The summed E-state index contributed by atoms with van der Waals surface area (Å²) in [6, 6.07) is 8.06. The number of sulfonamides is 1. The van der Waals surface area contributed by atoms with Crippen molar-refractivity contribution in [1.82, 2.24) is 4.89 Å². The van der Waals surface area contributed by atoms with Gasteiger partial charge in [-0.2, -0.15) is 5.26 Å². The highest BCUT2D eigenvalue weighted by atomic mass is 32.2. The highest BCUT2D eigenvalue weighted by Gasteiger charge is 2.12. The maximum atomic E-state index is 11.5. The Morgan fingerprint density at radius 2 is 2.22 bits per heavy atom. The fourth-order valence-electron chi connectivity index (χ4n) is 1.17. The minimum atomic E-state index is -3.74. The van der Waals surface area contributed by atoms with Crippen LogP contribution in [0.25, 0.3) is 0 Å². The van der Waals surface area contributed by atoms with Crippen molar-refractivity contribution in [2.75, 3.05) is 6.61 Å². The van der Waals surface area contributed by atoms with E-state index in [-0.39, 0.29) is 5.75 Å². The summed E-state index contributed by atoms with van der Waals surface area (Å²) in [6.45, 7) is -0.544. The molecule has 0 aliphatic heterocycles. The van der Waals surface area contributed by atoms with E-state index in [1.165, 1.54) is 6.07 Å². The van der Waals surface area contributed by atoms with Crippen LogP contribution >= 0.6 is 0 Å². The molecule has 96 valence electrons. The fraction of sp³-hybridized carbons (Fsp3) is 0.200. The molecule has 0 spiro atoms. The second-order valence-electron chi connectivity index (χ2n) is 3.41. The summed E-state index contributed by atoms with van der Waals surface area (Å²) in [5.41, 5.74) is 5.57. The zero-order valence-corrected chi connectivity index (χ0v) is 10.1. The topological polar surface area (TPSA) is 122 Å². The molecule has 0 unspecified atom stereocenters. The fourth-order valence-corrected chi connectivity index (χ4v) is 2.09. The van der Waals surface area contributed by atoms with Crippen LogP contribution in [0.4, 0.5) is 0 Å². The van der Waals surface area contributed by atoms with Crippen LogP contribution in [-0.2, 0) is 25.4 Å². The van der Waals surface area contributed by atoms with Crippen LogP contribution in [0.5, 0.6) is 0 Å². The van der Waals surface area contributed by atoms with Crippen molar-refractivity contribution < 1.29 is 18.0 Å². The second-order valence-corrected chi connectivity index (χ2v) is 5.09. The zero-order chi connectivity index (χ0) is 13.6. The van der Waals surface area contributed by atoms with Crippen molar-refractivity contribution in [3.63, 3.8) is 0 Å². The smallest absolute Gasteiger partial charge is 0.245 e. The first kappa shape index (κ1) is 14.1. The Balaban J connectivity index is 2.65. The van der Waals surface area contributed by atoms with Crippen molar-refractivity contribution in [2.45, 2.75) is 5.75 Å². The lowest BCUT2D eigenvalue weighted by Gasteiger charge is -2.06. The van der Waals surface area contributed by atoms with Gasteiger partial charge in [-0.3, -0.25) is 9.63 Å². The van der Waals surface area contributed by atoms with E-state index in [1.807, 2.05) is 6.07 Å². The number of primary amides is 1. The number of nitrogens with two attached hydrogens (primary N) is 1. The molecule has 1 aromatic carbocycles. The summed E-state index contributed by atoms with van der Waals surface area (Å²) in [7, 11) is -3.74. The summed E-state index contributed by atoms with van der Waals surface area (Å²) in [6.07, 6.45) is 0. The predicted molar refractivity (Wildman–Crippen MR) is 62.1 cm³/mol. The van der Waals surface area contributed by atoms with Gasteiger partial charge < -0.3 is 5.73 Å². The molecule has 1 aromatic rings. The number of nitrogens with one attached hydrogen (secondary N) is 1. The monoisotopic (exact) mass is 269 g/mol.